The largest absolute Gasteiger partial charge is 0.500 e. The van der Waals surface area contributed by atoms with Crippen LogP contribution in [0.2, 0.25) is 19.6 Å². The Morgan fingerprint density at radius 2 is 1.43 bits per heavy atom. The number of hydrogen-bond acceptors (Lipinski definition) is 4. The normalized spacial score (nSPS) is 11.8. The van der Waals surface area contributed by atoms with Gasteiger partial charge in [-0.25, -0.2) is 4.98 Å². The summed E-state index contributed by atoms with van der Waals surface area (Å²) in [5.41, 5.74) is 8.39. The van der Waals surface area contributed by atoms with Gasteiger partial charge in [0, 0.05) is 49.0 Å². The fourth-order valence-corrected chi connectivity index (χ4v) is 7.60. The molecule has 0 atom stereocenters. The van der Waals surface area contributed by atoms with E-state index in [9.17, 15) is 0 Å². The molecule has 53 heavy (non-hydrogen) atoms. The molecular formula is C46H40IrN4OSi-2. The Morgan fingerprint density at radius 3 is 2.15 bits per heavy atom. The van der Waals surface area contributed by atoms with Gasteiger partial charge in [0.15, 0.2) is 5.65 Å². The van der Waals surface area contributed by atoms with Crippen molar-refractivity contribution in [3.05, 3.63) is 151 Å². The van der Waals surface area contributed by atoms with Crippen LogP contribution in [0.1, 0.15) is 26.3 Å². The number of imidazole rings is 1. The van der Waals surface area contributed by atoms with Crippen LogP contribution in [0, 0.1) is 12.1 Å². The maximum atomic E-state index is 6.61. The molecule has 0 N–H and O–H groups in total. The summed E-state index contributed by atoms with van der Waals surface area (Å²) < 4.78 is 8.79. The van der Waals surface area contributed by atoms with Crippen LogP contribution in [0.4, 0.5) is 0 Å². The minimum Gasteiger partial charge on any atom is -0.500 e. The van der Waals surface area contributed by atoms with E-state index in [2.05, 4.69) is 135 Å². The molecule has 9 rings (SSSR count). The Bertz CT molecular complexity index is 2690. The summed E-state index contributed by atoms with van der Waals surface area (Å²) in [5.74, 6) is 0.767. The van der Waals surface area contributed by atoms with Gasteiger partial charge in [-0.1, -0.05) is 118 Å². The minimum absolute atomic E-state index is 0. The van der Waals surface area contributed by atoms with Crippen LogP contribution in [-0.4, -0.2) is 27.6 Å². The molecule has 7 heteroatoms. The van der Waals surface area contributed by atoms with Crippen molar-refractivity contribution in [1.29, 1.82) is 0 Å². The number of furan rings is 1. The van der Waals surface area contributed by atoms with E-state index in [0.717, 1.165) is 72.1 Å². The second kappa shape index (κ2) is 14.3. The first-order chi connectivity index (χ1) is 25.1. The summed E-state index contributed by atoms with van der Waals surface area (Å²) in [6, 6.07) is 48.1. The molecular weight excluding hydrogens is 845 g/mol. The van der Waals surface area contributed by atoms with Crippen molar-refractivity contribution in [3.63, 3.8) is 0 Å². The van der Waals surface area contributed by atoms with E-state index in [1.54, 1.807) is 0 Å². The first kappa shape index (κ1) is 36.2. The van der Waals surface area contributed by atoms with E-state index in [-0.39, 0.29) is 25.5 Å². The van der Waals surface area contributed by atoms with Crippen molar-refractivity contribution in [1.82, 2.24) is 19.5 Å². The van der Waals surface area contributed by atoms with Crippen molar-refractivity contribution in [2.75, 3.05) is 0 Å². The molecule has 0 bridgehead atoms. The van der Waals surface area contributed by atoms with E-state index < -0.39 is 8.07 Å². The number of pyridine rings is 2. The first-order valence-corrected chi connectivity index (χ1v) is 21.2. The molecule has 4 aromatic heterocycles. The van der Waals surface area contributed by atoms with Gasteiger partial charge < -0.3 is 14.0 Å². The Morgan fingerprint density at radius 1 is 0.679 bits per heavy atom. The van der Waals surface area contributed by atoms with Crippen LogP contribution in [0.3, 0.4) is 0 Å². The van der Waals surface area contributed by atoms with Gasteiger partial charge in [-0.3, -0.25) is 4.98 Å². The van der Waals surface area contributed by atoms with Crippen molar-refractivity contribution in [2.45, 2.75) is 45.8 Å². The zero-order chi connectivity index (χ0) is 36.0. The van der Waals surface area contributed by atoms with Gasteiger partial charge in [-0.05, 0) is 45.4 Å². The van der Waals surface area contributed by atoms with Gasteiger partial charge in [-0.2, -0.15) is 0 Å². The van der Waals surface area contributed by atoms with Crippen LogP contribution >= 0.6 is 0 Å². The minimum atomic E-state index is -1.23. The van der Waals surface area contributed by atoms with Crippen molar-refractivity contribution in [3.8, 4) is 28.3 Å². The standard InChI is InChI=1S/C32H24N3O.C14H16NSi.Ir/c1-32(2,3)21-18-27-30(33-19-21)34-31(35(27)22-11-5-4-6-12-22)26-15-9-14-24-25-17-16-20-10-7-8-13-23(20)28(25)36-29(24)26;1-16(2,3)13-9-10-14(15-11-13)12-7-5-4-6-8-12;/h4-14,16-19H,1-3H3;4-7,9-11H,1-3H3;/q2*-1;. The number of aromatic nitrogens is 4. The van der Waals surface area contributed by atoms with Gasteiger partial charge in [0.1, 0.15) is 5.58 Å². The van der Waals surface area contributed by atoms with E-state index in [1.165, 1.54) is 5.19 Å². The van der Waals surface area contributed by atoms with Crippen molar-refractivity contribution >= 4 is 57.1 Å². The first-order valence-electron chi connectivity index (χ1n) is 17.7. The monoisotopic (exact) mass is 885 g/mol. The van der Waals surface area contributed by atoms with E-state index >= 15 is 0 Å². The van der Waals surface area contributed by atoms with Crippen LogP contribution in [0.25, 0.3) is 72.2 Å². The molecule has 0 saturated carbocycles. The van der Waals surface area contributed by atoms with Crippen LogP contribution < -0.4 is 5.19 Å². The maximum Gasteiger partial charge on any atom is 0.168 e. The molecule has 9 aromatic rings. The smallest absolute Gasteiger partial charge is 0.168 e. The van der Waals surface area contributed by atoms with E-state index in [0.29, 0.717) is 5.65 Å². The summed E-state index contributed by atoms with van der Waals surface area (Å²) in [4.78, 5) is 14.3. The third kappa shape index (κ3) is 7.00. The summed E-state index contributed by atoms with van der Waals surface area (Å²) in [6.45, 7) is 13.6. The van der Waals surface area contributed by atoms with Crippen molar-refractivity contribution < 1.29 is 24.5 Å². The average Bonchev–Trinajstić information content (AvgIpc) is 3.74. The van der Waals surface area contributed by atoms with Crippen LogP contribution in [0.15, 0.2) is 138 Å². The maximum absolute atomic E-state index is 6.61. The molecule has 1 radical (unpaired) electrons. The summed E-state index contributed by atoms with van der Waals surface area (Å²) in [7, 11) is -1.23. The molecule has 4 heterocycles. The number of fused-ring (bicyclic) bond motifs is 6. The molecule has 0 unspecified atom stereocenters. The zero-order valence-corrected chi connectivity index (χ0v) is 34.1. The fraction of sp³-hybridized carbons (Fsp3) is 0.152. The molecule has 0 aliphatic carbocycles. The quantitative estimate of drug-likeness (QED) is 0.131. The summed E-state index contributed by atoms with van der Waals surface area (Å²) >= 11 is 0. The fourth-order valence-electron chi connectivity index (χ4n) is 6.56. The van der Waals surface area contributed by atoms with E-state index in [4.69, 9.17) is 14.4 Å². The number of benzene rings is 5. The summed E-state index contributed by atoms with van der Waals surface area (Å²) in [6.07, 6.45) is 3.95. The van der Waals surface area contributed by atoms with Gasteiger partial charge in [0.25, 0.3) is 0 Å². The van der Waals surface area contributed by atoms with Gasteiger partial charge in [0.2, 0.25) is 0 Å². The topological polar surface area (TPSA) is 56.7 Å². The van der Waals surface area contributed by atoms with Crippen molar-refractivity contribution in [2.24, 2.45) is 0 Å². The molecule has 0 aliphatic heterocycles. The second-order valence-electron chi connectivity index (χ2n) is 15.2. The number of rotatable bonds is 4. The van der Waals surface area contributed by atoms with Gasteiger partial charge in [-0.15, -0.1) is 54.1 Å². The molecule has 5 aromatic carbocycles. The van der Waals surface area contributed by atoms with Crippen LogP contribution in [0.5, 0.6) is 0 Å². The Kier molecular flexibility index (Phi) is 9.77. The SMILES string of the molecule is CC(C)(C)c1cnc2nc(-c3[c-]ccc4c3oc3c5ccccc5ccc43)n(-c3ccccc3)c2c1.C[Si](C)(C)c1ccc(-c2[c-]cccc2)nc1.[Ir]. The second-order valence-corrected chi connectivity index (χ2v) is 20.3. The molecule has 5 nitrogen and oxygen atoms in total. The molecule has 0 fully saturated rings. The van der Waals surface area contributed by atoms with Crippen LogP contribution in [-0.2, 0) is 25.5 Å². The van der Waals surface area contributed by atoms with E-state index in [1.807, 2.05) is 60.9 Å². The molecule has 0 amide bonds. The molecule has 0 spiro atoms. The molecule has 265 valence electrons. The molecule has 0 aliphatic rings. The predicted molar refractivity (Wildman–Crippen MR) is 218 cm³/mol. The molecule has 0 saturated heterocycles. The Labute approximate surface area is 325 Å². The Hall–Kier alpha value is -5.20. The number of nitrogens with zero attached hydrogens (tertiary/aromatic N) is 4. The third-order valence-electron chi connectivity index (χ3n) is 9.55. The third-order valence-corrected chi connectivity index (χ3v) is 11.6. The zero-order valence-electron chi connectivity index (χ0n) is 30.7. The predicted octanol–water partition coefficient (Wildman–Crippen LogP) is 11.3. The Balaban J connectivity index is 0.000000216. The van der Waals surface area contributed by atoms with Gasteiger partial charge >= 0.3 is 0 Å². The summed E-state index contributed by atoms with van der Waals surface area (Å²) in [5, 5.41) is 5.80. The average molecular weight is 885 g/mol. The number of hydrogen-bond donors (Lipinski definition) is 0. The van der Waals surface area contributed by atoms with Gasteiger partial charge in [0.05, 0.1) is 25.0 Å². The number of para-hydroxylation sites is 1.